The lowest BCUT2D eigenvalue weighted by Gasteiger charge is -2.10. The molecule has 0 radical (unpaired) electrons. The lowest BCUT2D eigenvalue weighted by Crippen LogP contribution is -2.36. The van der Waals surface area contributed by atoms with Crippen molar-refractivity contribution >= 4 is 5.91 Å². The van der Waals surface area contributed by atoms with Crippen LogP contribution in [0.5, 0.6) is 0 Å². The average molecular weight is 167 g/mol. The van der Waals surface area contributed by atoms with Gasteiger partial charge in [0.15, 0.2) is 0 Å². The second kappa shape index (κ2) is 3.40. The number of aryl methyl sites for hydroxylation is 1. The van der Waals surface area contributed by atoms with Gasteiger partial charge in [-0.3, -0.25) is 10.2 Å². The van der Waals surface area contributed by atoms with E-state index in [1.54, 1.807) is 31.5 Å². The van der Waals surface area contributed by atoms with Crippen LogP contribution in [0.2, 0.25) is 0 Å². The third-order valence-corrected chi connectivity index (χ3v) is 1.52. The predicted octanol–water partition coefficient (Wildman–Crippen LogP) is 0.530. The van der Waals surface area contributed by atoms with Gasteiger partial charge in [-0.25, -0.2) is 5.01 Å². The lowest BCUT2D eigenvalue weighted by molar-refractivity contribution is 0.0856. The third kappa shape index (κ3) is 1.85. The highest BCUT2D eigenvalue weighted by Gasteiger charge is 2.08. The third-order valence-electron chi connectivity index (χ3n) is 1.52. The van der Waals surface area contributed by atoms with E-state index in [0.29, 0.717) is 5.56 Å². The Hall–Kier alpha value is -1.29. The molecular formula is C8H13N3O. The van der Waals surface area contributed by atoms with Crippen LogP contribution in [0.3, 0.4) is 0 Å². The van der Waals surface area contributed by atoms with E-state index in [1.807, 2.05) is 6.92 Å². The van der Waals surface area contributed by atoms with Gasteiger partial charge in [0, 0.05) is 26.5 Å². The summed E-state index contributed by atoms with van der Waals surface area (Å²) in [6.07, 6.45) is 3.48. The predicted molar refractivity (Wildman–Crippen MR) is 46.7 cm³/mol. The maximum absolute atomic E-state index is 11.4. The second-order valence-corrected chi connectivity index (χ2v) is 2.89. The SMILES string of the molecule is Cc1c[nH]cc1C(=O)NN(C)C. The van der Waals surface area contributed by atoms with Crippen molar-refractivity contribution in [2.45, 2.75) is 6.92 Å². The number of rotatable bonds is 2. The van der Waals surface area contributed by atoms with Gasteiger partial charge in [0.05, 0.1) is 5.56 Å². The quantitative estimate of drug-likeness (QED) is 0.631. The Kier molecular flexibility index (Phi) is 2.50. The van der Waals surface area contributed by atoms with Gasteiger partial charge in [-0.15, -0.1) is 0 Å². The van der Waals surface area contributed by atoms with Crippen LogP contribution in [0.4, 0.5) is 0 Å². The number of hydrogen-bond acceptors (Lipinski definition) is 2. The fourth-order valence-electron chi connectivity index (χ4n) is 0.950. The van der Waals surface area contributed by atoms with Gasteiger partial charge in [0.1, 0.15) is 0 Å². The van der Waals surface area contributed by atoms with Gasteiger partial charge in [0.2, 0.25) is 0 Å². The van der Waals surface area contributed by atoms with Crippen molar-refractivity contribution in [1.29, 1.82) is 0 Å². The number of aromatic amines is 1. The van der Waals surface area contributed by atoms with E-state index in [4.69, 9.17) is 0 Å². The summed E-state index contributed by atoms with van der Waals surface area (Å²) < 4.78 is 0. The number of nitrogens with zero attached hydrogens (tertiary/aromatic N) is 1. The summed E-state index contributed by atoms with van der Waals surface area (Å²) in [4.78, 5) is 14.2. The fourth-order valence-corrected chi connectivity index (χ4v) is 0.950. The number of hydrazine groups is 1. The molecule has 2 N–H and O–H groups in total. The van der Waals surface area contributed by atoms with E-state index in [9.17, 15) is 4.79 Å². The number of carbonyl (C=O) groups excluding carboxylic acids is 1. The van der Waals surface area contributed by atoms with E-state index in [0.717, 1.165) is 5.56 Å². The molecule has 0 fully saturated rings. The first-order valence-electron chi connectivity index (χ1n) is 3.73. The first-order valence-corrected chi connectivity index (χ1v) is 3.73. The molecule has 0 bridgehead atoms. The standard InChI is InChI=1S/C8H13N3O/c1-6-4-9-5-7(6)8(12)10-11(2)3/h4-5,9H,1-3H3,(H,10,12). The van der Waals surface area contributed by atoms with Gasteiger partial charge in [-0.2, -0.15) is 0 Å². The minimum Gasteiger partial charge on any atom is -0.367 e. The monoisotopic (exact) mass is 167 g/mol. The molecule has 0 saturated heterocycles. The molecule has 0 spiro atoms. The van der Waals surface area contributed by atoms with Crippen LogP contribution in [0.1, 0.15) is 15.9 Å². The molecule has 66 valence electrons. The summed E-state index contributed by atoms with van der Waals surface area (Å²) >= 11 is 0. The number of amides is 1. The van der Waals surface area contributed by atoms with E-state index < -0.39 is 0 Å². The molecule has 0 unspecified atom stereocenters. The van der Waals surface area contributed by atoms with E-state index in [-0.39, 0.29) is 5.91 Å². The minimum absolute atomic E-state index is 0.0845. The van der Waals surface area contributed by atoms with Crippen LogP contribution in [-0.2, 0) is 0 Å². The molecule has 0 atom stereocenters. The number of H-pyrrole nitrogens is 1. The fraction of sp³-hybridized carbons (Fsp3) is 0.375. The maximum atomic E-state index is 11.4. The molecule has 4 nitrogen and oxygen atoms in total. The van der Waals surface area contributed by atoms with Crippen LogP contribution >= 0.6 is 0 Å². The van der Waals surface area contributed by atoms with Crippen molar-refractivity contribution in [2.75, 3.05) is 14.1 Å². The van der Waals surface area contributed by atoms with E-state index >= 15 is 0 Å². The Balaban J connectivity index is 2.72. The average Bonchev–Trinajstić information content (AvgIpc) is 2.33. The van der Waals surface area contributed by atoms with Gasteiger partial charge in [0.25, 0.3) is 5.91 Å². The van der Waals surface area contributed by atoms with Crippen LogP contribution in [0.25, 0.3) is 0 Å². The Morgan fingerprint density at radius 3 is 2.58 bits per heavy atom. The van der Waals surface area contributed by atoms with Crippen molar-refractivity contribution in [1.82, 2.24) is 15.4 Å². The normalized spacial score (nSPS) is 10.3. The molecule has 0 aliphatic carbocycles. The van der Waals surface area contributed by atoms with Gasteiger partial charge < -0.3 is 4.98 Å². The summed E-state index contributed by atoms with van der Waals surface area (Å²) in [5.41, 5.74) is 4.30. The molecule has 0 saturated carbocycles. The molecule has 1 amide bonds. The summed E-state index contributed by atoms with van der Waals surface area (Å²) in [6, 6.07) is 0. The minimum atomic E-state index is -0.0845. The zero-order valence-corrected chi connectivity index (χ0v) is 7.51. The summed E-state index contributed by atoms with van der Waals surface area (Å²) in [6.45, 7) is 1.89. The Morgan fingerprint density at radius 2 is 2.17 bits per heavy atom. The number of carbonyl (C=O) groups is 1. The molecule has 1 heterocycles. The van der Waals surface area contributed by atoms with Gasteiger partial charge >= 0.3 is 0 Å². The number of hydrogen-bond donors (Lipinski definition) is 2. The molecule has 1 rings (SSSR count). The zero-order valence-electron chi connectivity index (χ0n) is 7.51. The first-order chi connectivity index (χ1) is 5.61. The molecular weight excluding hydrogens is 154 g/mol. The molecule has 0 aromatic carbocycles. The molecule has 0 aliphatic rings. The molecule has 12 heavy (non-hydrogen) atoms. The van der Waals surface area contributed by atoms with E-state index in [2.05, 4.69) is 10.4 Å². The van der Waals surface area contributed by atoms with Crippen LogP contribution < -0.4 is 5.43 Å². The summed E-state index contributed by atoms with van der Waals surface area (Å²) in [7, 11) is 3.56. The summed E-state index contributed by atoms with van der Waals surface area (Å²) in [5.74, 6) is -0.0845. The van der Waals surface area contributed by atoms with Crippen molar-refractivity contribution in [3.63, 3.8) is 0 Å². The topological polar surface area (TPSA) is 48.1 Å². The van der Waals surface area contributed by atoms with Gasteiger partial charge in [-0.05, 0) is 12.5 Å². The molecule has 0 aliphatic heterocycles. The Bertz CT molecular complexity index is 278. The van der Waals surface area contributed by atoms with Gasteiger partial charge in [-0.1, -0.05) is 0 Å². The van der Waals surface area contributed by atoms with Crippen LogP contribution in [0.15, 0.2) is 12.4 Å². The van der Waals surface area contributed by atoms with Crippen molar-refractivity contribution in [2.24, 2.45) is 0 Å². The highest BCUT2D eigenvalue weighted by atomic mass is 16.2. The Morgan fingerprint density at radius 1 is 1.50 bits per heavy atom. The number of nitrogens with one attached hydrogen (secondary N) is 2. The number of aromatic nitrogens is 1. The van der Waals surface area contributed by atoms with E-state index in [1.165, 1.54) is 0 Å². The second-order valence-electron chi connectivity index (χ2n) is 2.89. The highest BCUT2D eigenvalue weighted by molar-refractivity contribution is 5.95. The first kappa shape index (κ1) is 8.80. The summed E-state index contributed by atoms with van der Waals surface area (Å²) in [5, 5.41) is 1.62. The van der Waals surface area contributed by atoms with Crippen molar-refractivity contribution in [3.8, 4) is 0 Å². The van der Waals surface area contributed by atoms with Crippen molar-refractivity contribution < 1.29 is 4.79 Å². The van der Waals surface area contributed by atoms with Crippen LogP contribution in [-0.4, -0.2) is 30.0 Å². The largest absolute Gasteiger partial charge is 0.367 e. The molecule has 4 heteroatoms. The van der Waals surface area contributed by atoms with Crippen molar-refractivity contribution in [3.05, 3.63) is 23.5 Å². The molecule has 1 aromatic heterocycles. The molecule has 1 aromatic rings. The highest BCUT2D eigenvalue weighted by Crippen LogP contribution is 2.04. The zero-order chi connectivity index (χ0) is 9.14. The maximum Gasteiger partial charge on any atom is 0.267 e. The smallest absolute Gasteiger partial charge is 0.267 e. The van der Waals surface area contributed by atoms with Crippen LogP contribution in [0, 0.1) is 6.92 Å². The Labute approximate surface area is 71.5 Å². The lowest BCUT2D eigenvalue weighted by atomic mass is 10.2.